The molecule has 0 aliphatic carbocycles. The van der Waals surface area contributed by atoms with Crippen molar-refractivity contribution < 1.29 is 4.39 Å². The van der Waals surface area contributed by atoms with E-state index in [1.165, 1.54) is 0 Å². The van der Waals surface area contributed by atoms with E-state index in [0.29, 0.717) is 5.95 Å². The van der Waals surface area contributed by atoms with Gasteiger partial charge in [0.1, 0.15) is 0 Å². The average molecular weight is 214 g/mol. The van der Waals surface area contributed by atoms with Gasteiger partial charge in [-0.2, -0.15) is 9.78 Å². The Labute approximate surface area is 90.4 Å². The lowest BCUT2D eigenvalue weighted by atomic mass is 10.3. The second-order valence-electron chi connectivity index (χ2n) is 3.32. The third kappa shape index (κ3) is 1.33. The molecule has 0 radical (unpaired) electrons. The van der Waals surface area contributed by atoms with Crippen molar-refractivity contribution in [1.82, 2.24) is 19.7 Å². The first kappa shape index (κ1) is 8.96. The normalized spacial score (nSPS) is 10.8. The lowest BCUT2D eigenvalue weighted by Crippen LogP contribution is -2.02. The van der Waals surface area contributed by atoms with E-state index < -0.39 is 5.82 Å². The van der Waals surface area contributed by atoms with Gasteiger partial charge in [0.05, 0.1) is 24.1 Å². The SMILES string of the molecule is Fc1cnc(-n2ncc3ccccc32)nc1. The van der Waals surface area contributed by atoms with Crippen molar-refractivity contribution in [2.75, 3.05) is 0 Å². The highest BCUT2D eigenvalue weighted by atomic mass is 19.1. The third-order valence-electron chi connectivity index (χ3n) is 2.27. The van der Waals surface area contributed by atoms with Crippen LogP contribution in [0.4, 0.5) is 4.39 Å². The molecule has 0 bridgehead atoms. The molecule has 78 valence electrons. The number of fused-ring (bicyclic) bond motifs is 1. The summed E-state index contributed by atoms with van der Waals surface area (Å²) >= 11 is 0. The van der Waals surface area contributed by atoms with Gasteiger partial charge in [0.2, 0.25) is 0 Å². The Morgan fingerprint density at radius 3 is 2.56 bits per heavy atom. The molecule has 5 heteroatoms. The van der Waals surface area contributed by atoms with Crippen LogP contribution in [0.5, 0.6) is 0 Å². The number of para-hydroxylation sites is 1. The van der Waals surface area contributed by atoms with Gasteiger partial charge in [-0.3, -0.25) is 0 Å². The van der Waals surface area contributed by atoms with Gasteiger partial charge in [0, 0.05) is 5.39 Å². The number of hydrogen-bond acceptors (Lipinski definition) is 3. The van der Waals surface area contributed by atoms with E-state index in [0.717, 1.165) is 23.3 Å². The molecule has 2 aromatic heterocycles. The first-order valence-electron chi connectivity index (χ1n) is 4.75. The number of benzene rings is 1. The Morgan fingerprint density at radius 1 is 1.00 bits per heavy atom. The fourth-order valence-corrected chi connectivity index (χ4v) is 1.55. The predicted molar refractivity (Wildman–Crippen MR) is 56.6 cm³/mol. The molecule has 0 saturated heterocycles. The molecule has 0 amide bonds. The van der Waals surface area contributed by atoms with E-state index in [1.807, 2.05) is 24.3 Å². The zero-order chi connectivity index (χ0) is 11.0. The molecule has 0 atom stereocenters. The Balaban J connectivity index is 2.22. The van der Waals surface area contributed by atoms with Gasteiger partial charge in [-0.25, -0.2) is 14.4 Å². The van der Waals surface area contributed by atoms with Crippen molar-refractivity contribution in [3.63, 3.8) is 0 Å². The van der Waals surface area contributed by atoms with Gasteiger partial charge in [-0.15, -0.1) is 0 Å². The molecule has 0 saturated carbocycles. The molecule has 0 aliphatic heterocycles. The van der Waals surface area contributed by atoms with Crippen molar-refractivity contribution in [3.05, 3.63) is 48.7 Å². The maximum Gasteiger partial charge on any atom is 0.251 e. The largest absolute Gasteiger partial charge is 0.251 e. The van der Waals surface area contributed by atoms with Gasteiger partial charge in [0.25, 0.3) is 5.95 Å². The summed E-state index contributed by atoms with van der Waals surface area (Å²) < 4.78 is 14.3. The minimum absolute atomic E-state index is 0.364. The predicted octanol–water partition coefficient (Wildman–Crippen LogP) is 1.95. The maximum absolute atomic E-state index is 12.7. The van der Waals surface area contributed by atoms with Crippen LogP contribution in [0, 0.1) is 5.82 Å². The third-order valence-corrected chi connectivity index (χ3v) is 2.27. The number of hydrogen-bond donors (Lipinski definition) is 0. The molecule has 3 rings (SSSR count). The van der Waals surface area contributed by atoms with Crippen LogP contribution < -0.4 is 0 Å². The van der Waals surface area contributed by atoms with Crippen LogP contribution in [0.2, 0.25) is 0 Å². The Hall–Kier alpha value is -2.30. The van der Waals surface area contributed by atoms with Crippen molar-refractivity contribution in [2.24, 2.45) is 0 Å². The van der Waals surface area contributed by atoms with Crippen LogP contribution in [-0.2, 0) is 0 Å². The maximum atomic E-state index is 12.7. The van der Waals surface area contributed by atoms with E-state index >= 15 is 0 Å². The smallest absolute Gasteiger partial charge is 0.217 e. The van der Waals surface area contributed by atoms with Crippen molar-refractivity contribution in [3.8, 4) is 5.95 Å². The van der Waals surface area contributed by atoms with E-state index in [9.17, 15) is 4.39 Å². The molecule has 0 N–H and O–H groups in total. The summed E-state index contributed by atoms with van der Waals surface area (Å²) in [6.45, 7) is 0. The highest BCUT2D eigenvalue weighted by Crippen LogP contribution is 2.14. The quantitative estimate of drug-likeness (QED) is 0.621. The molecular formula is C11H7FN4. The summed E-state index contributed by atoms with van der Waals surface area (Å²) in [6, 6.07) is 7.70. The molecule has 1 aromatic carbocycles. The average Bonchev–Trinajstić information content (AvgIpc) is 2.74. The van der Waals surface area contributed by atoms with E-state index in [4.69, 9.17) is 0 Å². The van der Waals surface area contributed by atoms with Crippen LogP contribution in [0.3, 0.4) is 0 Å². The number of rotatable bonds is 1. The topological polar surface area (TPSA) is 43.6 Å². The second-order valence-corrected chi connectivity index (χ2v) is 3.32. The summed E-state index contributed by atoms with van der Waals surface area (Å²) in [4.78, 5) is 7.77. The van der Waals surface area contributed by atoms with E-state index in [2.05, 4.69) is 15.1 Å². The highest BCUT2D eigenvalue weighted by molar-refractivity contribution is 5.79. The Bertz CT molecular complexity index is 630. The zero-order valence-corrected chi connectivity index (χ0v) is 8.21. The van der Waals surface area contributed by atoms with Gasteiger partial charge >= 0.3 is 0 Å². The summed E-state index contributed by atoms with van der Waals surface area (Å²) in [5, 5.41) is 5.16. The van der Waals surface area contributed by atoms with Gasteiger partial charge in [-0.05, 0) is 6.07 Å². The summed E-state index contributed by atoms with van der Waals surface area (Å²) in [6.07, 6.45) is 3.97. The molecule has 4 nitrogen and oxygen atoms in total. The minimum Gasteiger partial charge on any atom is -0.217 e. The van der Waals surface area contributed by atoms with Gasteiger partial charge < -0.3 is 0 Å². The number of nitrogens with zero attached hydrogens (tertiary/aromatic N) is 4. The fourth-order valence-electron chi connectivity index (χ4n) is 1.55. The first-order chi connectivity index (χ1) is 7.84. The minimum atomic E-state index is -0.458. The molecule has 3 aromatic rings. The standard InChI is InChI=1S/C11H7FN4/c12-9-6-13-11(14-7-9)16-10-4-2-1-3-8(10)5-15-16/h1-7H. The van der Waals surface area contributed by atoms with Crippen LogP contribution in [-0.4, -0.2) is 19.7 Å². The van der Waals surface area contributed by atoms with Crippen LogP contribution in [0.1, 0.15) is 0 Å². The molecular weight excluding hydrogens is 207 g/mol. The number of aromatic nitrogens is 4. The van der Waals surface area contributed by atoms with Crippen LogP contribution in [0.15, 0.2) is 42.9 Å². The molecule has 0 fully saturated rings. The van der Waals surface area contributed by atoms with Crippen molar-refractivity contribution in [2.45, 2.75) is 0 Å². The molecule has 16 heavy (non-hydrogen) atoms. The Morgan fingerprint density at radius 2 is 1.75 bits per heavy atom. The van der Waals surface area contributed by atoms with E-state index in [1.54, 1.807) is 10.9 Å². The van der Waals surface area contributed by atoms with Crippen LogP contribution in [0.25, 0.3) is 16.9 Å². The van der Waals surface area contributed by atoms with Crippen molar-refractivity contribution in [1.29, 1.82) is 0 Å². The van der Waals surface area contributed by atoms with E-state index in [-0.39, 0.29) is 0 Å². The molecule has 2 heterocycles. The molecule has 0 aliphatic rings. The fraction of sp³-hybridized carbons (Fsp3) is 0. The van der Waals surface area contributed by atoms with Gasteiger partial charge in [0.15, 0.2) is 5.82 Å². The monoisotopic (exact) mass is 214 g/mol. The zero-order valence-electron chi connectivity index (χ0n) is 8.21. The molecule has 0 unspecified atom stereocenters. The second kappa shape index (κ2) is 3.37. The first-order valence-corrected chi connectivity index (χ1v) is 4.75. The van der Waals surface area contributed by atoms with Crippen LogP contribution >= 0.6 is 0 Å². The Kier molecular flexibility index (Phi) is 1.89. The lowest BCUT2D eigenvalue weighted by Gasteiger charge is -2.00. The van der Waals surface area contributed by atoms with Crippen molar-refractivity contribution >= 4 is 10.9 Å². The summed E-state index contributed by atoms with van der Waals surface area (Å²) in [5.74, 6) is -0.0946. The highest BCUT2D eigenvalue weighted by Gasteiger charge is 2.05. The summed E-state index contributed by atoms with van der Waals surface area (Å²) in [7, 11) is 0. The van der Waals surface area contributed by atoms with Gasteiger partial charge in [-0.1, -0.05) is 18.2 Å². The number of halogens is 1. The molecule has 0 spiro atoms. The lowest BCUT2D eigenvalue weighted by molar-refractivity contribution is 0.609. The summed E-state index contributed by atoms with van der Waals surface area (Å²) in [5.41, 5.74) is 0.897.